The molecule has 0 aliphatic carbocycles. The van der Waals surface area contributed by atoms with Gasteiger partial charge in [-0.1, -0.05) is 11.6 Å². The van der Waals surface area contributed by atoms with Crippen molar-refractivity contribution in [2.75, 3.05) is 50.5 Å². The molecule has 1 amide bonds. The van der Waals surface area contributed by atoms with Gasteiger partial charge in [-0.3, -0.25) is 4.79 Å². The van der Waals surface area contributed by atoms with E-state index in [0.29, 0.717) is 49.7 Å². The summed E-state index contributed by atoms with van der Waals surface area (Å²) in [5.74, 6) is 0.566. The van der Waals surface area contributed by atoms with Crippen molar-refractivity contribution in [2.45, 2.75) is 6.42 Å². The number of sulfonamides is 1. The van der Waals surface area contributed by atoms with Crippen molar-refractivity contribution in [3.05, 3.63) is 59.1 Å². The molecule has 1 saturated heterocycles. The van der Waals surface area contributed by atoms with Crippen LogP contribution < -0.4 is 15.0 Å². The van der Waals surface area contributed by atoms with Gasteiger partial charge in [0.25, 0.3) is 5.91 Å². The minimum Gasteiger partial charge on any atom is -0.497 e. The number of nitrogens with one attached hydrogen (secondary N) is 1. The van der Waals surface area contributed by atoms with Crippen molar-refractivity contribution in [3.63, 3.8) is 0 Å². The van der Waals surface area contributed by atoms with Crippen molar-refractivity contribution < 1.29 is 17.9 Å². The van der Waals surface area contributed by atoms with Crippen LogP contribution in [-0.4, -0.2) is 64.2 Å². The molecule has 0 unspecified atom stereocenters. The van der Waals surface area contributed by atoms with Crippen LogP contribution in [-0.2, 0) is 10.0 Å². The number of ether oxygens (including phenoxy) is 1. The number of hydrogen-bond acceptors (Lipinski definition) is 5. The lowest BCUT2D eigenvalue weighted by Crippen LogP contribution is -2.49. The number of benzene rings is 2. The van der Waals surface area contributed by atoms with Crippen molar-refractivity contribution in [1.29, 1.82) is 0 Å². The van der Waals surface area contributed by atoms with Gasteiger partial charge >= 0.3 is 0 Å². The van der Waals surface area contributed by atoms with Crippen LogP contribution in [0.1, 0.15) is 16.8 Å². The first kappa shape index (κ1) is 22.4. The second-order valence-electron chi connectivity index (χ2n) is 7.02. The van der Waals surface area contributed by atoms with Crippen LogP contribution in [0.15, 0.2) is 48.5 Å². The monoisotopic (exact) mass is 451 g/mol. The Hall–Kier alpha value is -2.29. The van der Waals surface area contributed by atoms with Gasteiger partial charge < -0.3 is 15.0 Å². The molecule has 30 heavy (non-hydrogen) atoms. The first-order valence-electron chi connectivity index (χ1n) is 9.79. The van der Waals surface area contributed by atoms with Crippen LogP contribution in [0.3, 0.4) is 0 Å². The Bertz CT molecular complexity index is 941. The molecule has 0 saturated carbocycles. The summed E-state index contributed by atoms with van der Waals surface area (Å²) in [6, 6.07) is 14.3. The fourth-order valence-corrected chi connectivity index (χ4v) is 4.92. The highest BCUT2D eigenvalue weighted by atomic mass is 35.5. The maximum atomic E-state index is 12.6. The van der Waals surface area contributed by atoms with Gasteiger partial charge in [-0.05, 0) is 55.0 Å². The van der Waals surface area contributed by atoms with Gasteiger partial charge in [-0.15, -0.1) is 0 Å². The third-order valence-electron chi connectivity index (χ3n) is 5.04. The summed E-state index contributed by atoms with van der Waals surface area (Å²) in [6.07, 6.45) is 0.361. The van der Waals surface area contributed by atoms with E-state index in [2.05, 4.69) is 10.2 Å². The number of piperazine rings is 1. The molecule has 7 nitrogen and oxygen atoms in total. The van der Waals surface area contributed by atoms with Crippen LogP contribution >= 0.6 is 11.6 Å². The van der Waals surface area contributed by atoms with Gasteiger partial charge in [-0.25, -0.2) is 8.42 Å². The highest BCUT2D eigenvalue weighted by Gasteiger charge is 2.26. The summed E-state index contributed by atoms with van der Waals surface area (Å²) in [5.41, 5.74) is 1.55. The smallest absolute Gasteiger partial charge is 0.251 e. The van der Waals surface area contributed by atoms with Crippen LogP contribution in [0, 0.1) is 0 Å². The number of hydrogen-bond donors (Lipinski definition) is 1. The van der Waals surface area contributed by atoms with Gasteiger partial charge in [0.2, 0.25) is 10.0 Å². The number of anilines is 1. The van der Waals surface area contributed by atoms with Gasteiger partial charge in [0.05, 0.1) is 12.9 Å². The van der Waals surface area contributed by atoms with E-state index in [1.54, 1.807) is 31.4 Å². The number of amides is 1. The van der Waals surface area contributed by atoms with E-state index in [1.165, 1.54) is 4.31 Å². The summed E-state index contributed by atoms with van der Waals surface area (Å²) >= 11 is 5.81. The molecular formula is C21H26ClN3O4S. The quantitative estimate of drug-likeness (QED) is 0.624. The zero-order valence-corrected chi connectivity index (χ0v) is 18.5. The lowest BCUT2D eigenvalue weighted by atomic mass is 10.2. The lowest BCUT2D eigenvalue weighted by Gasteiger charge is -2.35. The van der Waals surface area contributed by atoms with Gasteiger partial charge in [0.15, 0.2) is 0 Å². The maximum Gasteiger partial charge on any atom is 0.251 e. The van der Waals surface area contributed by atoms with E-state index in [-0.39, 0.29) is 11.7 Å². The molecule has 1 aliphatic heterocycles. The SMILES string of the molecule is COc1ccc(N2CCN(S(=O)(=O)CCCNC(=O)c3ccc(Cl)cc3)CC2)cc1. The van der Waals surface area contributed by atoms with Gasteiger partial charge in [0.1, 0.15) is 5.75 Å². The third kappa shape index (κ3) is 5.87. The minimum atomic E-state index is -3.35. The zero-order chi connectivity index (χ0) is 21.6. The highest BCUT2D eigenvalue weighted by molar-refractivity contribution is 7.89. The van der Waals surface area contributed by atoms with E-state index in [1.807, 2.05) is 24.3 Å². The van der Waals surface area contributed by atoms with E-state index >= 15 is 0 Å². The molecule has 0 bridgehead atoms. The largest absolute Gasteiger partial charge is 0.497 e. The zero-order valence-electron chi connectivity index (χ0n) is 16.9. The van der Waals surface area contributed by atoms with Crippen LogP contribution in [0.4, 0.5) is 5.69 Å². The van der Waals surface area contributed by atoms with Gasteiger partial charge in [0, 0.05) is 49.0 Å². The first-order chi connectivity index (χ1) is 14.4. The molecule has 1 N–H and O–H groups in total. The Morgan fingerprint density at radius 3 is 2.27 bits per heavy atom. The lowest BCUT2D eigenvalue weighted by molar-refractivity contribution is 0.0953. The summed E-state index contributed by atoms with van der Waals surface area (Å²) in [4.78, 5) is 14.2. The van der Waals surface area contributed by atoms with E-state index in [4.69, 9.17) is 16.3 Å². The summed E-state index contributed by atoms with van der Waals surface area (Å²) in [6.45, 7) is 2.47. The highest BCUT2D eigenvalue weighted by Crippen LogP contribution is 2.21. The molecule has 3 rings (SSSR count). The Morgan fingerprint density at radius 1 is 1.03 bits per heavy atom. The molecule has 0 aromatic heterocycles. The van der Waals surface area contributed by atoms with E-state index in [0.717, 1.165) is 11.4 Å². The molecule has 0 radical (unpaired) electrons. The predicted molar refractivity (Wildman–Crippen MR) is 119 cm³/mol. The molecule has 2 aromatic rings. The van der Waals surface area contributed by atoms with E-state index < -0.39 is 10.0 Å². The molecule has 1 heterocycles. The van der Waals surface area contributed by atoms with Crippen LogP contribution in [0.25, 0.3) is 0 Å². The number of rotatable bonds is 8. The Kier molecular flexibility index (Phi) is 7.58. The van der Waals surface area contributed by atoms with Crippen molar-refractivity contribution in [1.82, 2.24) is 9.62 Å². The molecule has 162 valence electrons. The number of carbonyl (C=O) groups excluding carboxylic acids is 1. The fraction of sp³-hybridized carbons (Fsp3) is 0.381. The number of carbonyl (C=O) groups is 1. The van der Waals surface area contributed by atoms with Crippen molar-refractivity contribution in [3.8, 4) is 5.75 Å². The molecule has 0 atom stereocenters. The molecule has 0 spiro atoms. The summed E-state index contributed by atoms with van der Waals surface area (Å²) in [5, 5.41) is 3.31. The average molecular weight is 452 g/mol. The molecule has 1 fully saturated rings. The fourth-order valence-electron chi connectivity index (χ4n) is 3.31. The summed E-state index contributed by atoms with van der Waals surface area (Å²) in [7, 11) is -1.72. The Morgan fingerprint density at radius 2 is 1.67 bits per heavy atom. The Labute approximate surface area is 182 Å². The average Bonchev–Trinajstić information content (AvgIpc) is 2.77. The van der Waals surface area contributed by atoms with Crippen LogP contribution in [0.5, 0.6) is 5.75 Å². The van der Waals surface area contributed by atoms with Gasteiger partial charge in [-0.2, -0.15) is 4.31 Å². The molecule has 9 heteroatoms. The second-order valence-corrected chi connectivity index (χ2v) is 9.54. The number of halogens is 1. The van der Waals surface area contributed by atoms with Crippen LogP contribution in [0.2, 0.25) is 5.02 Å². The topological polar surface area (TPSA) is 79.0 Å². The van der Waals surface area contributed by atoms with Crippen molar-refractivity contribution in [2.24, 2.45) is 0 Å². The number of methoxy groups -OCH3 is 1. The minimum absolute atomic E-state index is 0.0104. The number of nitrogens with zero attached hydrogens (tertiary/aromatic N) is 2. The predicted octanol–water partition coefficient (Wildman–Crippen LogP) is 2.62. The molecule has 2 aromatic carbocycles. The first-order valence-corrected chi connectivity index (χ1v) is 11.8. The third-order valence-corrected chi connectivity index (χ3v) is 7.25. The Balaban J connectivity index is 1.42. The summed E-state index contributed by atoms with van der Waals surface area (Å²) < 4.78 is 32.0. The maximum absolute atomic E-state index is 12.6. The van der Waals surface area contributed by atoms with Crippen molar-refractivity contribution >= 4 is 33.2 Å². The molecular weight excluding hydrogens is 426 g/mol. The second kappa shape index (κ2) is 10.1. The standard InChI is InChI=1S/C21H26ClN3O4S/c1-29-20-9-7-19(8-10-20)24-12-14-25(15-13-24)30(27,28)16-2-11-23-21(26)17-3-5-18(22)6-4-17/h3-10H,2,11-16H2,1H3,(H,23,26). The normalized spacial score (nSPS) is 15.1. The molecule has 1 aliphatic rings. The van der Waals surface area contributed by atoms with E-state index in [9.17, 15) is 13.2 Å².